The summed E-state index contributed by atoms with van der Waals surface area (Å²) in [4.78, 5) is 15.3. The molecule has 1 aromatic rings. The van der Waals surface area contributed by atoms with Gasteiger partial charge in [0.2, 0.25) is 0 Å². The quantitative estimate of drug-likeness (QED) is 0.560. The summed E-state index contributed by atoms with van der Waals surface area (Å²) in [6.45, 7) is 16.6. The maximum atomic E-state index is 13.4. The van der Waals surface area contributed by atoms with E-state index in [1.165, 1.54) is 0 Å². The highest BCUT2D eigenvalue weighted by atomic mass is 79.9. The number of nitrogens with zero attached hydrogens (tertiary/aromatic N) is 1. The van der Waals surface area contributed by atoms with Gasteiger partial charge >= 0.3 is 0 Å². The van der Waals surface area contributed by atoms with Crippen LogP contribution in [0.3, 0.4) is 0 Å². The largest absolute Gasteiger partial charge is 0.496 e. The minimum absolute atomic E-state index is 0.0361. The maximum absolute atomic E-state index is 13.4. The summed E-state index contributed by atoms with van der Waals surface area (Å²) in [5.74, 6) is 0.610. The third-order valence-electron chi connectivity index (χ3n) is 5.78. The summed E-state index contributed by atoms with van der Waals surface area (Å²) in [5, 5.41) is 0.118. The molecule has 1 saturated heterocycles. The molecule has 0 saturated carbocycles. The first kappa shape index (κ1) is 23.4. The molecule has 1 fully saturated rings. The van der Waals surface area contributed by atoms with Crippen LogP contribution in [-0.2, 0) is 9.16 Å². The van der Waals surface area contributed by atoms with Gasteiger partial charge < -0.3 is 18.8 Å². The molecule has 1 aliphatic rings. The third-order valence-corrected chi connectivity index (χ3v) is 11.1. The number of hydrogen-bond acceptors (Lipinski definition) is 4. The molecule has 1 aromatic carbocycles. The summed E-state index contributed by atoms with van der Waals surface area (Å²) in [7, 11) is -0.317. The Morgan fingerprint density at radius 3 is 2.57 bits per heavy atom. The number of benzene rings is 1. The Balaban J connectivity index is 2.27. The molecule has 1 amide bonds. The van der Waals surface area contributed by atoms with E-state index in [-0.39, 0.29) is 17.0 Å². The summed E-state index contributed by atoms with van der Waals surface area (Å²) >= 11 is 3.53. The van der Waals surface area contributed by atoms with Gasteiger partial charge in [0.05, 0.1) is 42.0 Å². The molecular weight excluding hydrogens is 438 g/mol. The van der Waals surface area contributed by atoms with Crippen molar-refractivity contribution in [3.63, 3.8) is 0 Å². The summed E-state index contributed by atoms with van der Waals surface area (Å²) in [5.41, 5.74) is 0.198. The molecule has 0 spiro atoms. The molecule has 0 aromatic heterocycles. The van der Waals surface area contributed by atoms with Gasteiger partial charge in [0, 0.05) is 6.54 Å². The van der Waals surface area contributed by atoms with E-state index in [0.717, 1.165) is 0 Å². The van der Waals surface area contributed by atoms with E-state index in [9.17, 15) is 4.79 Å². The third kappa shape index (κ3) is 5.17. The minimum Gasteiger partial charge on any atom is -0.496 e. The van der Waals surface area contributed by atoms with Crippen LogP contribution in [0.25, 0.3) is 0 Å². The number of amides is 1. The van der Waals surface area contributed by atoms with E-state index in [1.54, 1.807) is 7.11 Å². The first-order valence-electron chi connectivity index (χ1n) is 9.70. The van der Waals surface area contributed by atoms with Gasteiger partial charge in [-0.25, -0.2) is 0 Å². The fraction of sp³-hybridized carbons (Fsp3) is 0.667. The van der Waals surface area contributed by atoms with Crippen molar-refractivity contribution in [1.82, 2.24) is 4.90 Å². The van der Waals surface area contributed by atoms with E-state index < -0.39 is 13.9 Å². The van der Waals surface area contributed by atoms with Crippen LogP contribution in [0.1, 0.15) is 45.0 Å². The number of methoxy groups -OCH3 is 1. The Kier molecular flexibility index (Phi) is 7.07. The van der Waals surface area contributed by atoms with Crippen LogP contribution < -0.4 is 4.74 Å². The SMILES string of the molecule is COc1cccc(C(=O)N2CC(C)(C)OCC2CO[Si](C)(C)C(C)(C)C)c1Br. The van der Waals surface area contributed by atoms with E-state index in [4.69, 9.17) is 13.9 Å². The highest BCUT2D eigenvalue weighted by Gasteiger charge is 2.41. The van der Waals surface area contributed by atoms with Gasteiger partial charge in [0.25, 0.3) is 5.91 Å². The molecule has 0 radical (unpaired) electrons. The fourth-order valence-corrected chi connectivity index (χ4v) is 4.52. The van der Waals surface area contributed by atoms with Crippen molar-refractivity contribution in [2.45, 2.75) is 64.4 Å². The van der Waals surface area contributed by atoms with E-state index in [0.29, 0.717) is 35.5 Å². The number of carbonyl (C=O) groups excluding carboxylic acids is 1. The van der Waals surface area contributed by atoms with Crippen molar-refractivity contribution < 1.29 is 18.7 Å². The molecule has 28 heavy (non-hydrogen) atoms. The molecule has 0 bridgehead atoms. The zero-order valence-corrected chi connectivity index (χ0v) is 21.0. The van der Waals surface area contributed by atoms with Crippen molar-refractivity contribution in [2.24, 2.45) is 0 Å². The second-order valence-electron chi connectivity index (χ2n) is 9.55. The van der Waals surface area contributed by atoms with E-state index in [2.05, 4.69) is 49.8 Å². The van der Waals surface area contributed by atoms with Gasteiger partial charge in [0.15, 0.2) is 8.32 Å². The van der Waals surface area contributed by atoms with Crippen LogP contribution >= 0.6 is 15.9 Å². The molecule has 7 heteroatoms. The Labute approximate surface area is 179 Å². The van der Waals surface area contributed by atoms with E-state index >= 15 is 0 Å². The Bertz CT molecular complexity index is 715. The van der Waals surface area contributed by atoms with Crippen molar-refractivity contribution in [1.29, 1.82) is 0 Å². The van der Waals surface area contributed by atoms with Gasteiger partial charge in [-0.2, -0.15) is 0 Å². The summed E-state index contributed by atoms with van der Waals surface area (Å²) in [6, 6.07) is 5.38. The number of ether oxygens (including phenoxy) is 2. The van der Waals surface area contributed by atoms with Crippen molar-refractivity contribution in [3.8, 4) is 5.75 Å². The lowest BCUT2D eigenvalue weighted by Gasteiger charge is -2.45. The molecule has 158 valence electrons. The first-order valence-corrected chi connectivity index (χ1v) is 13.4. The molecule has 2 rings (SSSR count). The van der Waals surface area contributed by atoms with Crippen LogP contribution in [0.15, 0.2) is 22.7 Å². The Hall–Kier alpha value is -0.893. The maximum Gasteiger partial charge on any atom is 0.255 e. The zero-order valence-electron chi connectivity index (χ0n) is 18.4. The van der Waals surface area contributed by atoms with Crippen LogP contribution in [0.4, 0.5) is 0 Å². The zero-order chi connectivity index (χ0) is 21.3. The lowest BCUT2D eigenvalue weighted by Crippen LogP contribution is -2.58. The molecular formula is C21H34BrNO4Si. The molecule has 0 aliphatic carbocycles. The van der Waals surface area contributed by atoms with Crippen molar-refractivity contribution in [2.75, 3.05) is 26.9 Å². The summed E-state index contributed by atoms with van der Waals surface area (Å²) in [6.07, 6.45) is 0. The number of hydrogen-bond donors (Lipinski definition) is 0. The monoisotopic (exact) mass is 471 g/mol. The van der Waals surface area contributed by atoms with Crippen molar-refractivity contribution in [3.05, 3.63) is 28.2 Å². The van der Waals surface area contributed by atoms with Crippen molar-refractivity contribution >= 4 is 30.2 Å². The van der Waals surface area contributed by atoms with Crippen LogP contribution in [0.2, 0.25) is 18.1 Å². The predicted molar refractivity (Wildman–Crippen MR) is 119 cm³/mol. The second-order valence-corrected chi connectivity index (χ2v) is 15.2. The first-order chi connectivity index (χ1) is 12.8. The molecule has 1 atom stereocenters. The molecule has 0 N–H and O–H groups in total. The smallest absolute Gasteiger partial charge is 0.255 e. The van der Waals surface area contributed by atoms with Gasteiger partial charge in [-0.1, -0.05) is 26.8 Å². The molecule has 1 unspecified atom stereocenters. The van der Waals surface area contributed by atoms with Crippen LogP contribution in [0, 0.1) is 0 Å². The summed E-state index contributed by atoms with van der Waals surface area (Å²) < 4.78 is 18.5. The molecule has 5 nitrogen and oxygen atoms in total. The number of halogens is 1. The number of rotatable bonds is 5. The highest BCUT2D eigenvalue weighted by molar-refractivity contribution is 9.10. The molecule has 1 aliphatic heterocycles. The lowest BCUT2D eigenvalue weighted by molar-refractivity contribution is -0.109. The van der Waals surface area contributed by atoms with Gasteiger partial charge in [-0.05, 0) is 60.0 Å². The van der Waals surface area contributed by atoms with Crippen LogP contribution in [0.5, 0.6) is 5.75 Å². The Morgan fingerprint density at radius 2 is 2.00 bits per heavy atom. The standard InChI is InChI=1S/C21H34BrNO4Si/c1-20(2,3)28(7,8)27-13-15-12-26-21(4,5)14-23(15)19(24)16-10-9-11-17(25-6)18(16)22/h9-11,15H,12-14H2,1-8H3. The normalized spacial score (nSPS) is 20.2. The fourth-order valence-electron chi connectivity index (χ4n) is 2.88. The number of morpholine rings is 1. The number of carbonyl (C=O) groups is 1. The lowest BCUT2D eigenvalue weighted by atomic mass is 10.0. The average molecular weight is 472 g/mol. The van der Waals surface area contributed by atoms with Gasteiger partial charge in [-0.3, -0.25) is 4.79 Å². The van der Waals surface area contributed by atoms with Gasteiger partial charge in [0.1, 0.15) is 5.75 Å². The predicted octanol–water partition coefficient (Wildman–Crippen LogP) is 5.10. The minimum atomic E-state index is -1.92. The van der Waals surface area contributed by atoms with Gasteiger partial charge in [-0.15, -0.1) is 0 Å². The van der Waals surface area contributed by atoms with E-state index in [1.807, 2.05) is 36.9 Å². The van der Waals surface area contributed by atoms with Crippen LogP contribution in [-0.4, -0.2) is 57.6 Å². The topological polar surface area (TPSA) is 48.0 Å². The average Bonchev–Trinajstić information content (AvgIpc) is 2.58. The Morgan fingerprint density at radius 1 is 1.36 bits per heavy atom. The molecule has 1 heterocycles. The highest BCUT2D eigenvalue weighted by Crippen LogP contribution is 2.37. The second kappa shape index (κ2) is 8.46.